The summed E-state index contributed by atoms with van der Waals surface area (Å²) in [5.41, 5.74) is 4.16. The zero-order chi connectivity index (χ0) is 11.9. The molecule has 0 N–H and O–H groups in total. The number of nitrogens with zero attached hydrogens (tertiary/aromatic N) is 4. The summed E-state index contributed by atoms with van der Waals surface area (Å²) >= 11 is 0. The fourth-order valence-electron chi connectivity index (χ4n) is 2.25. The molecule has 0 saturated heterocycles. The van der Waals surface area contributed by atoms with Gasteiger partial charge in [0.05, 0.1) is 0 Å². The van der Waals surface area contributed by atoms with E-state index in [1.165, 1.54) is 0 Å². The fourth-order valence-corrected chi connectivity index (χ4v) is 2.25. The molecule has 4 nitrogen and oxygen atoms in total. The summed E-state index contributed by atoms with van der Waals surface area (Å²) < 4.78 is 4.01. The molecule has 18 heavy (non-hydrogen) atoms. The van der Waals surface area contributed by atoms with E-state index in [1.807, 2.05) is 45.9 Å². The minimum Gasteiger partial charge on any atom is -0.307 e. The molecule has 0 atom stereocenters. The zero-order valence-electron chi connectivity index (χ0n) is 9.56. The minimum atomic E-state index is 0.945. The third-order valence-electron chi connectivity index (χ3n) is 3.13. The SMILES string of the molecule is c1cc(-c2ccn3ccnc3c2)c2nccn2c1. The van der Waals surface area contributed by atoms with Gasteiger partial charge in [0, 0.05) is 42.7 Å². The Balaban J connectivity index is 2.03. The summed E-state index contributed by atoms with van der Waals surface area (Å²) in [6, 6.07) is 8.26. The van der Waals surface area contributed by atoms with Gasteiger partial charge in [0.1, 0.15) is 11.3 Å². The van der Waals surface area contributed by atoms with Gasteiger partial charge in [-0.2, -0.15) is 0 Å². The van der Waals surface area contributed by atoms with Crippen molar-refractivity contribution in [3.05, 3.63) is 61.4 Å². The van der Waals surface area contributed by atoms with E-state index in [1.54, 1.807) is 6.20 Å². The average molecular weight is 234 g/mol. The molecule has 4 aromatic heterocycles. The van der Waals surface area contributed by atoms with Crippen LogP contribution in [0.3, 0.4) is 0 Å². The number of hydrogen-bond acceptors (Lipinski definition) is 2. The molecule has 4 heteroatoms. The molecule has 0 saturated carbocycles. The Morgan fingerprint density at radius 3 is 2.72 bits per heavy atom. The predicted molar refractivity (Wildman–Crippen MR) is 69.4 cm³/mol. The maximum absolute atomic E-state index is 4.40. The maximum Gasteiger partial charge on any atom is 0.144 e. The van der Waals surface area contributed by atoms with Crippen LogP contribution < -0.4 is 0 Å². The molecule has 4 heterocycles. The molecule has 4 aromatic rings. The number of aromatic nitrogens is 4. The van der Waals surface area contributed by atoms with Crippen molar-refractivity contribution in [1.82, 2.24) is 18.8 Å². The molecule has 0 spiro atoms. The second-order valence-electron chi connectivity index (χ2n) is 4.19. The number of fused-ring (bicyclic) bond motifs is 2. The number of rotatable bonds is 1. The quantitative estimate of drug-likeness (QED) is 0.507. The lowest BCUT2D eigenvalue weighted by molar-refractivity contribution is 1.17. The van der Waals surface area contributed by atoms with E-state index >= 15 is 0 Å². The highest BCUT2D eigenvalue weighted by Gasteiger charge is 2.05. The molecule has 0 aliphatic carbocycles. The van der Waals surface area contributed by atoms with Crippen molar-refractivity contribution >= 4 is 11.3 Å². The molecule has 0 bridgehead atoms. The van der Waals surface area contributed by atoms with Crippen LogP contribution in [0.5, 0.6) is 0 Å². The van der Waals surface area contributed by atoms with Crippen LogP contribution in [-0.4, -0.2) is 18.8 Å². The summed E-state index contributed by atoms with van der Waals surface area (Å²) in [5, 5.41) is 0. The molecule has 0 aromatic carbocycles. The molecule has 0 aliphatic heterocycles. The first-order chi connectivity index (χ1) is 8.92. The summed E-state index contributed by atoms with van der Waals surface area (Å²) in [7, 11) is 0. The first-order valence-electron chi connectivity index (χ1n) is 5.76. The molecule has 0 radical (unpaired) electrons. The predicted octanol–water partition coefficient (Wildman–Crippen LogP) is 2.65. The highest BCUT2D eigenvalue weighted by Crippen LogP contribution is 2.24. The molecule has 0 amide bonds. The summed E-state index contributed by atoms with van der Waals surface area (Å²) in [4.78, 5) is 8.71. The van der Waals surface area contributed by atoms with Gasteiger partial charge >= 0.3 is 0 Å². The van der Waals surface area contributed by atoms with Crippen molar-refractivity contribution in [3.63, 3.8) is 0 Å². The van der Waals surface area contributed by atoms with Crippen LogP contribution in [0.4, 0.5) is 0 Å². The molecular formula is C14H10N4. The Kier molecular flexibility index (Phi) is 1.80. The summed E-state index contributed by atoms with van der Waals surface area (Å²) in [6.07, 6.45) is 11.5. The largest absolute Gasteiger partial charge is 0.307 e. The molecular weight excluding hydrogens is 224 g/mol. The Morgan fingerprint density at radius 2 is 1.72 bits per heavy atom. The second kappa shape index (κ2) is 3.43. The van der Waals surface area contributed by atoms with Gasteiger partial charge in [-0.15, -0.1) is 0 Å². The Labute approximate surface area is 103 Å². The van der Waals surface area contributed by atoms with Crippen molar-refractivity contribution in [2.45, 2.75) is 0 Å². The van der Waals surface area contributed by atoms with E-state index in [4.69, 9.17) is 0 Å². The van der Waals surface area contributed by atoms with Crippen LogP contribution in [0.1, 0.15) is 0 Å². The third-order valence-corrected chi connectivity index (χ3v) is 3.13. The number of imidazole rings is 2. The minimum absolute atomic E-state index is 0.945. The summed E-state index contributed by atoms with van der Waals surface area (Å²) in [5.74, 6) is 0. The lowest BCUT2D eigenvalue weighted by Gasteiger charge is -2.04. The van der Waals surface area contributed by atoms with Crippen LogP contribution >= 0.6 is 0 Å². The first-order valence-corrected chi connectivity index (χ1v) is 5.76. The smallest absolute Gasteiger partial charge is 0.144 e. The van der Waals surface area contributed by atoms with Crippen LogP contribution in [0.15, 0.2) is 61.4 Å². The standard InChI is InChI=1S/C14H10N4/c1-2-12(14-16-5-9-18(14)6-1)11-3-7-17-8-4-15-13(17)10-11/h1-10H. The van der Waals surface area contributed by atoms with Crippen LogP contribution in [-0.2, 0) is 0 Å². The molecule has 86 valence electrons. The van der Waals surface area contributed by atoms with E-state index in [2.05, 4.69) is 28.2 Å². The molecule has 0 aliphatic rings. The van der Waals surface area contributed by atoms with E-state index in [9.17, 15) is 0 Å². The van der Waals surface area contributed by atoms with Crippen molar-refractivity contribution in [3.8, 4) is 11.1 Å². The van der Waals surface area contributed by atoms with Crippen LogP contribution in [0.25, 0.3) is 22.4 Å². The highest BCUT2D eigenvalue weighted by atomic mass is 15.0. The zero-order valence-corrected chi connectivity index (χ0v) is 9.56. The van der Waals surface area contributed by atoms with E-state index in [0.29, 0.717) is 0 Å². The molecule has 4 rings (SSSR count). The highest BCUT2D eigenvalue weighted by molar-refractivity contribution is 5.79. The normalized spacial score (nSPS) is 11.3. The van der Waals surface area contributed by atoms with Gasteiger partial charge in [-0.3, -0.25) is 0 Å². The lowest BCUT2D eigenvalue weighted by Crippen LogP contribution is -1.89. The molecule has 0 fully saturated rings. The Hall–Kier alpha value is -2.62. The van der Waals surface area contributed by atoms with Gasteiger partial charge in [0.25, 0.3) is 0 Å². The summed E-state index contributed by atoms with van der Waals surface area (Å²) in [6.45, 7) is 0. The van der Waals surface area contributed by atoms with E-state index < -0.39 is 0 Å². The van der Waals surface area contributed by atoms with Gasteiger partial charge in [0.2, 0.25) is 0 Å². The second-order valence-corrected chi connectivity index (χ2v) is 4.19. The molecule has 0 unspecified atom stereocenters. The average Bonchev–Trinajstić information content (AvgIpc) is 3.05. The van der Waals surface area contributed by atoms with Crippen molar-refractivity contribution in [2.75, 3.05) is 0 Å². The van der Waals surface area contributed by atoms with Crippen molar-refractivity contribution < 1.29 is 0 Å². The topological polar surface area (TPSA) is 34.6 Å². The van der Waals surface area contributed by atoms with E-state index in [0.717, 1.165) is 22.4 Å². The van der Waals surface area contributed by atoms with Crippen LogP contribution in [0.2, 0.25) is 0 Å². The van der Waals surface area contributed by atoms with Crippen molar-refractivity contribution in [2.24, 2.45) is 0 Å². The number of pyridine rings is 2. The first kappa shape index (κ1) is 9.41. The van der Waals surface area contributed by atoms with Crippen molar-refractivity contribution in [1.29, 1.82) is 0 Å². The van der Waals surface area contributed by atoms with E-state index in [-0.39, 0.29) is 0 Å². The van der Waals surface area contributed by atoms with Gasteiger partial charge < -0.3 is 8.80 Å². The Morgan fingerprint density at radius 1 is 0.833 bits per heavy atom. The monoisotopic (exact) mass is 234 g/mol. The van der Waals surface area contributed by atoms with Gasteiger partial charge in [-0.25, -0.2) is 9.97 Å². The van der Waals surface area contributed by atoms with Gasteiger partial charge in [0.15, 0.2) is 0 Å². The maximum atomic E-state index is 4.40. The third kappa shape index (κ3) is 1.26. The lowest BCUT2D eigenvalue weighted by atomic mass is 10.1. The van der Waals surface area contributed by atoms with Crippen LogP contribution in [0, 0.1) is 0 Å². The fraction of sp³-hybridized carbons (Fsp3) is 0. The Bertz CT molecular complexity index is 841. The van der Waals surface area contributed by atoms with Gasteiger partial charge in [-0.05, 0) is 29.8 Å². The van der Waals surface area contributed by atoms with Gasteiger partial charge in [-0.1, -0.05) is 0 Å². The number of hydrogen-bond donors (Lipinski definition) is 0.